The summed E-state index contributed by atoms with van der Waals surface area (Å²) in [4.78, 5) is 20.7. The van der Waals surface area contributed by atoms with Gasteiger partial charge in [-0.3, -0.25) is 4.79 Å². The van der Waals surface area contributed by atoms with Gasteiger partial charge in [0.15, 0.2) is 0 Å². The van der Waals surface area contributed by atoms with Crippen molar-refractivity contribution in [2.45, 2.75) is 27.3 Å². The molecule has 0 bridgehead atoms. The summed E-state index contributed by atoms with van der Waals surface area (Å²) in [6.45, 7) is 6.51. The molecular weight excluding hydrogens is 300 g/mol. The van der Waals surface area contributed by atoms with E-state index in [1.165, 1.54) is 11.1 Å². The second kappa shape index (κ2) is 6.66. The van der Waals surface area contributed by atoms with Crippen molar-refractivity contribution in [1.29, 1.82) is 0 Å². The maximum absolute atomic E-state index is 12.3. The van der Waals surface area contributed by atoms with Crippen LogP contribution in [-0.2, 0) is 6.54 Å². The Bertz CT molecular complexity index is 865. The maximum atomic E-state index is 12.3. The Labute approximate surface area is 141 Å². The number of aryl methyl sites for hydroxylation is 3. The SMILES string of the molecule is Cc1ccc(C)c(CNC(=O)c2ccc(-n3cnc(C)c3)cn2)c1. The standard InChI is InChI=1S/C19H20N4O/c1-13-4-5-14(2)16(8-13)9-21-19(24)18-7-6-17(10-20-18)23-11-15(3)22-12-23/h4-8,10-12H,9H2,1-3H3,(H,21,24). The van der Waals surface area contributed by atoms with Gasteiger partial charge in [-0.15, -0.1) is 0 Å². The Balaban J connectivity index is 1.68. The summed E-state index contributed by atoms with van der Waals surface area (Å²) < 4.78 is 1.88. The number of nitrogens with zero attached hydrogens (tertiary/aromatic N) is 3. The van der Waals surface area contributed by atoms with E-state index in [1.54, 1.807) is 18.6 Å². The van der Waals surface area contributed by atoms with Crippen molar-refractivity contribution >= 4 is 5.91 Å². The maximum Gasteiger partial charge on any atom is 0.270 e. The molecule has 24 heavy (non-hydrogen) atoms. The zero-order valence-electron chi connectivity index (χ0n) is 14.1. The normalized spacial score (nSPS) is 10.6. The highest BCUT2D eigenvalue weighted by atomic mass is 16.1. The Hall–Kier alpha value is -2.95. The number of aromatic nitrogens is 3. The van der Waals surface area contributed by atoms with Crippen LogP contribution in [0, 0.1) is 20.8 Å². The fraction of sp³-hybridized carbons (Fsp3) is 0.211. The van der Waals surface area contributed by atoms with Gasteiger partial charge in [-0.2, -0.15) is 0 Å². The predicted molar refractivity (Wildman–Crippen MR) is 93.2 cm³/mol. The van der Waals surface area contributed by atoms with Gasteiger partial charge in [0.25, 0.3) is 5.91 Å². The third-order valence-corrected chi connectivity index (χ3v) is 3.93. The molecule has 2 heterocycles. The Morgan fingerprint density at radius 1 is 1.12 bits per heavy atom. The second-order valence-corrected chi connectivity index (χ2v) is 5.94. The number of carbonyl (C=O) groups is 1. The van der Waals surface area contributed by atoms with Gasteiger partial charge in [-0.25, -0.2) is 9.97 Å². The highest BCUT2D eigenvalue weighted by Gasteiger charge is 2.08. The van der Waals surface area contributed by atoms with Crippen LogP contribution in [0.25, 0.3) is 5.69 Å². The Morgan fingerprint density at radius 3 is 2.62 bits per heavy atom. The van der Waals surface area contributed by atoms with E-state index in [0.29, 0.717) is 12.2 Å². The molecule has 0 aliphatic rings. The van der Waals surface area contributed by atoms with Crippen LogP contribution in [0.15, 0.2) is 49.1 Å². The number of pyridine rings is 1. The third-order valence-electron chi connectivity index (χ3n) is 3.93. The van der Waals surface area contributed by atoms with E-state index in [1.807, 2.05) is 37.6 Å². The topological polar surface area (TPSA) is 59.8 Å². The minimum absolute atomic E-state index is 0.177. The van der Waals surface area contributed by atoms with Gasteiger partial charge in [0, 0.05) is 12.7 Å². The quantitative estimate of drug-likeness (QED) is 0.803. The molecule has 122 valence electrons. The molecular formula is C19H20N4O. The van der Waals surface area contributed by atoms with Crippen molar-refractivity contribution in [1.82, 2.24) is 19.9 Å². The second-order valence-electron chi connectivity index (χ2n) is 5.94. The highest BCUT2D eigenvalue weighted by molar-refractivity contribution is 5.92. The molecule has 3 rings (SSSR count). The van der Waals surface area contributed by atoms with E-state index in [2.05, 4.69) is 33.5 Å². The molecule has 5 nitrogen and oxygen atoms in total. The van der Waals surface area contributed by atoms with Crippen molar-refractivity contribution in [3.63, 3.8) is 0 Å². The van der Waals surface area contributed by atoms with Crippen molar-refractivity contribution in [2.75, 3.05) is 0 Å². The monoisotopic (exact) mass is 320 g/mol. The molecule has 0 radical (unpaired) electrons. The fourth-order valence-corrected chi connectivity index (χ4v) is 2.49. The van der Waals surface area contributed by atoms with Crippen LogP contribution >= 0.6 is 0 Å². The van der Waals surface area contributed by atoms with Gasteiger partial charge >= 0.3 is 0 Å². The molecule has 3 aromatic rings. The molecule has 0 saturated carbocycles. The van der Waals surface area contributed by atoms with E-state index >= 15 is 0 Å². The lowest BCUT2D eigenvalue weighted by atomic mass is 10.1. The summed E-state index contributed by atoms with van der Waals surface area (Å²) in [6.07, 6.45) is 5.32. The average molecular weight is 320 g/mol. The summed E-state index contributed by atoms with van der Waals surface area (Å²) in [5.74, 6) is -0.177. The van der Waals surface area contributed by atoms with Gasteiger partial charge in [0.05, 0.1) is 23.9 Å². The number of hydrogen-bond donors (Lipinski definition) is 1. The highest BCUT2D eigenvalue weighted by Crippen LogP contribution is 2.11. The van der Waals surface area contributed by atoms with Gasteiger partial charge in [-0.1, -0.05) is 23.8 Å². The number of amides is 1. The van der Waals surface area contributed by atoms with Crippen LogP contribution in [0.4, 0.5) is 0 Å². The molecule has 0 spiro atoms. The average Bonchev–Trinajstić information content (AvgIpc) is 3.02. The fourth-order valence-electron chi connectivity index (χ4n) is 2.49. The Kier molecular flexibility index (Phi) is 4.42. The predicted octanol–water partition coefficient (Wildman–Crippen LogP) is 3.12. The summed E-state index contributed by atoms with van der Waals surface area (Å²) in [7, 11) is 0. The van der Waals surface area contributed by atoms with Crippen LogP contribution in [0.2, 0.25) is 0 Å². The first-order valence-electron chi connectivity index (χ1n) is 7.84. The van der Waals surface area contributed by atoms with Crippen LogP contribution in [0.3, 0.4) is 0 Å². The van der Waals surface area contributed by atoms with Crippen LogP contribution in [0.5, 0.6) is 0 Å². The Morgan fingerprint density at radius 2 is 1.96 bits per heavy atom. The van der Waals surface area contributed by atoms with E-state index in [0.717, 1.165) is 16.9 Å². The lowest BCUT2D eigenvalue weighted by Gasteiger charge is -2.09. The van der Waals surface area contributed by atoms with E-state index < -0.39 is 0 Å². The minimum Gasteiger partial charge on any atom is -0.347 e. The van der Waals surface area contributed by atoms with Gasteiger partial charge in [0.1, 0.15) is 5.69 Å². The number of rotatable bonds is 4. The molecule has 1 amide bonds. The lowest BCUT2D eigenvalue weighted by Crippen LogP contribution is -2.24. The molecule has 0 saturated heterocycles. The largest absolute Gasteiger partial charge is 0.347 e. The number of hydrogen-bond acceptors (Lipinski definition) is 3. The van der Waals surface area contributed by atoms with E-state index in [9.17, 15) is 4.79 Å². The van der Waals surface area contributed by atoms with Crippen molar-refractivity contribution in [3.05, 3.63) is 77.1 Å². The number of carbonyl (C=O) groups excluding carboxylic acids is 1. The summed E-state index contributed by atoms with van der Waals surface area (Å²) in [5, 5.41) is 2.93. The summed E-state index contributed by atoms with van der Waals surface area (Å²) >= 11 is 0. The van der Waals surface area contributed by atoms with Crippen molar-refractivity contribution in [2.24, 2.45) is 0 Å². The molecule has 1 aromatic carbocycles. The first-order chi connectivity index (χ1) is 11.5. The molecule has 0 unspecified atom stereocenters. The molecule has 0 aliphatic carbocycles. The van der Waals surface area contributed by atoms with Gasteiger partial charge in [-0.05, 0) is 44.0 Å². The zero-order valence-corrected chi connectivity index (χ0v) is 14.1. The lowest BCUT2D eigenvalue weighted by molar-refractivity contribution is 0.0946. The first kappa shape index (κ1) is 15.9. The van der Waals surface area contributed by atoms with Crippen molar-refractivity contribution in [3.8, 4) is 5.69 Å². The number of imidazole rings is 1. The molecule has 0 aliphatic heterocycles. The van der Waals surface area contributed by atoms with E-state index in [4.69, 9.17) is 0 Å². The smallest absolute Gasteiger partial charge is 0.270 e. The summed E-state index contributed by atoms with van der Waals surface area (Å²) in [6, 6.07) is 9.81. The van der Waals surface area contributed by atoms with Crippen LogP contribution in [0.1, 0.15) is 32.9 Å². The summed E-state index contributed by atoms with van der Waals surface area (Å²) in [5.41, 5.74) is 5.68. The third kappa shape index (κ3) is 3.51. The number of benzene rings is 1. The van der Waals surface area contributed by atoms with Gasteiger partial charge in [0.2, 0.25) is 0 Å². The minimum atomic E-state index is -0.177. The number of nitrogens with one attached hydrogen (secondary N) is 1. The molecule has 5 heteroatoms. The van der Waals surface area contributed by atoms with E-state index in [-0.39, 0.29) is 5.91 Å². The molecule has 0 fully saturated rings. The van der Waals surface area contributed by atoms with Gasteiger partial charge < -0.3 is 9.88 Å². The molecule has 0 atom stereocenters. The van der Waals surface area contributed by atoms with Crippen LogP contribution in [-0.4, -0.2) is 20.4 Å². The molecule has 2 aromatic heterocycles. The molecule has 1 N–H and O–H groups in total. The first-order valence-corrected chi connectivity index (χ1v) is 7.84. The van der Waals surface area contributed by atoms with Crippen molar-refractivity contribution < 1.29 is 4.79 Å². The zero-order chi connectivity index (χ0) is 17.1. The van der Waals surface area contributed by atoms with Crippen LogP contribution < -0.4 is 5.32 Å².